The van der Waals surface area contributed by atoms with Crippen LogP contribution in [0.1, 0.15) is 41.0 Å². The van der Waals surface area contributed by atoms with Gasteiger partial charge in [-0.3, -0.25) is 4.79 Å². The summed E-state index contributed by atoms with van der Waals surface area (Å²) in [5, 5.41) is 5.02. The maximum atomic E-state index is 12.3. The number of ether oxygens (including phenoxy) is 2. The maximum absolute atomic E-state index is 12.3. The summed E-state index contributed by atoms with van der Waals surface area (Å²) in [4.78, 5) is 13.4. The Labute approximate surface area is 140 Å². The first kappa shape index (κ1) is 16.0. The molecule has 0 spiro atoms. The molecular weight excluding hydrogens is 310 g/mol. The van der Waals surface area contributed by atoms with Crippen molar-refractivity contribution in [3.8, 4) is 5.75 Å². The molecule has 1 amide bonds. The highest BCUT2D eigenvalue weighted by Crippen LogP contribution is 2.20. The number of carbonyl (C=O) groups is 1. The van der Waals surface area contributed by atoms with Crippen LogP contribution < -0.4 is 10.1 Å². The zero-order valence-corrected chi connectivity index (χ0v) is 14.0. The van der Waals surface area contributed by atoms with Gasteiger partial charge in [-0.2, -0.15) is 0 Å². The summed E-state index contributed by atoms with van der Waals surface area (Å²) in [5.41, 5.74) is 0.637. The fourth-order valence-electron chi connectivity index (χ4n) is 2.56. The molecule has 1 aliphatic heterocycles. The van der Waals surface area contributed by atoms with Crippen molar-refractivity contribution in [3.63, 3.8) is 0 Å². The third-order valence-corrected chi connectivity index (χ3v) is 4.95. The molecule has 4 nitrogen and oxygen atoms in total. The summed E-state index contributed by atoms with van der Waals surface area (Å²) < 4.78 is 11.2. The van der Waals surface area contributed by atoms with E-state index in [0.717, 1.165) is 30.1 Å². The summed E-state index contributed by atoms with van der Waals surface area (Å²) in [6, 6.07) is 11.3. The molecule has 1 aromatic carbocycles. The zero-order valence-electron chi connectivity index (χ0n) is 13.2. The highest BCUT2D eigenvalue weighted by Gasteiger charge is 2.16. The number of hydrogen-bond acceptors (Lipinski definition) is 4. The van der Waals surface area contributed by atoms with Crippen molar-refractivity contribution in [3.05, 3.63) is 52.2 Å². The Kier molecular flexibility index (Phi) is 5.31. The highest BCUT2D eigenvalue weighted by molar-refractivity contribution is 7.10. The zero-order chi connectivity index (χ0) is 16.1. The normalized spacial score (nSPS) is 18.6. The van der Waals surface area contributed by atoms with E-state index >= 15 is 0 Å². The predicted molar refractivity (Wildman–Crippen MR) is 91.1 cm³/mol. The van der Waals surface area contributed by atoms with E-state index in [1.54, 1.807) is 23.5 Å². The third kappa shape index (κ3) is 4.33. The summed E-state index contributed by atoms with van der Waals surface area (Å²) in [6.07, 6.45) is 2.36. The molecule has 0 unspecified atom stereocenters. The van der Waals surface area contributed by atoms with E-state index in [9.17, 15) is 4.79 Å². The minimum absolute atomic E-state index is 0.0120. The number of benzene rings is 1. The van der Waals surface area contributed by atoms with Gasteiger partial charge in [-0.15, -0.1) is 11.3 Å². The molecule has 1 aliphatic rings. The Hall–Kier alpha value is -1.85. The number of thiophene rings is 1. The van der Waals surface area contributed by atoms with E-state index in [4.69, 9.17) is 9.47 Å². The largest absolute Gasteiger partial charge is 0.491 e. The van der Waals surface area contributed by atoms with Gasteiger partial charge in [-0.05, 0) is 55.5 Å². The van der Waals surface area contributed by atoms with E-state index in [1.165, 1.54) is 0 Å². The fourth-order valence-corrected chi connectivity index (χ4v) is 3.29. The lowest BCUT2D eigenvalue weighted by Crippen LogP contribution is -2.26. The number of rotatable bonds is 6. The van der Waals surface area contributed by atoms with E-state index in [-0.39, 0.29) is 18.1 Å². The number of nitrogens with one attached hydrogen (secondary N) is 1. The van der Waals surface area contributed by atoms with Crippen LogP contribution >= 0.6 is 11.3 Å². The van der Waals surface area contributed by atoms with Gasteiger partial charge in [0.05, 0.1) is 12.1 Å². The maximum Gasteiger partial charge on any atom is 0.251 e. The summed E-state index contributed by atoms with van der Waals surface area (Å²) >= 11 is 1.64. The van der Waals surface area contributed by atoms with Crippen LogP contribution in [0.25, 0.3) is 0 Å². The van der Waals surface area contributed by atoms with Crippen LogP contribution in [-0.4, -0.2) is 25.2 Å². The smallest absolute Gasteiger partial charge is 0.251 e. The second-order valence-electron chi connectivity index (χ2n) is 5.68. The van der Waals surface area contributed by atoms with Crippen LogP contribution in [0, 0.1) is 0 Å². The Balaban J connectivity index is 1.52. The van der Waals surface area contributed by atoms with Crippen LogP contribution in [-0.2, 0) is 4.74 Å². The Morgan fingerprint density at radius 3 is 2.87 bits per heavy atom. The molecule has 1 aromatic heterocycles. The first-order valence-corrected chi connectivity index (χ1v) is 8.79. The van der Waals surface area contributed by atoms with Crippen molar-refractivity contribution in [1.82, 2.24) is 5.32 Å². The molecule has 5 heteroatoms. The van der Waals surface area contributed by atoms with Crippen LogP contribution in [0.15, 0.2) is 41.8 Å². The highest BCUT2D eigenvalue weighted by atomic mass is 32.1. The van der Waals surface area contributed by atoms with Crippen molar-refractivity contribution >= 4 is 17.2 Å². The lowest BCUT2D eigenvalue weighted by molar-refractivity contribution is 0.0679. The summed E-state index contributed by atoms with van der Waals surface area (Å²) in [6.45, 7) is 3.39. The van der Waals surface area contributed by atoms with E-state index in [0.29, 0.717) is 12.2 Å². The standard InChI is InChI=1S/C18H21NO3S/c1-13(17-5-3-11-23-17)19-18(20)14-6-8-15(9-7-14)22-12-16-4-2-10-21-16/h3,5-9,11,13,16H,2,4,10,12H2,1H3,(H,19,20)/t13-,16-/m1/s1. The van der Waals surface area contributed by atoms with E-state index in [2.05, 4.69) is 5.32 Å². The molecule has 2 aromatic rings. The average molecular weight is 331 g/mol. The van der Waals surface area contributed by atoms with Gasteiger partial charge in [-0.25, -0.2) is 0 Å². The van der Waals surface area contributed by atoms with Gasteiger partial charge in [0.2, 0.25) is 0 Å². The van der Waals surface area contributed by atoms with E-state index < -0.39 is 0 Å². The summed E-state index contributed by atoms with van der Waals surface area (Å²) in [7, 11) is 0. The second kappa shape index (κ2) is 7.62. The van der Waals surface area contributed by atoms with Gasteiger partial charge in [0, 0.05) is 17.0 Å². The van der Waals surface area contributed by atoms with Gasteiger partial charge in [0.15, 0.2) is 0 Å². The number of hydrogen-bond donors (Lipinski definition) is 1. The minimum atomic E-state index is -0.0726. The van der Waals surface area contributed by atoms with Crippen molar-refractivity contribution in [1.29, 1.82) is 0 Å². The fraction of sp³-hybridized carbons (Fsp3) is 0.389. The van der Waals surface area contributed by atoms with Gasteiger partial charge in [0.1, 0.15) is 12.4 Å². The Bertz CT molecular complexity index is 618. The number of carbonyl (C=O) groups excluding carboxylic acids is 1. The number of amides is 1. The van der Waals surface area contributed by atoms with Gasteiger partial charge < -0.3 is 14.8 Å². The van der Waals surface area contributed by atoms with Crippen molar-refractivity contribution in [2.24, 2.45) is 0 Å². The second-order valence-corrected chi connectivity index (χ2v) is 6.66. The van der Waals surface area contributed by atoms with Crippen LogP contribution in [0.3, 0.4) is 0 Å². The molecule has 1 fully saturated rings. The molecular formula is C18H21NO3S. The van der Waals surface area contributed by atoms with E-state index in [1.807, 2.05) is 36.6 Å². The topological polar surface area (TPSA) is 47.6 Å². The van der Waals surface area contributed by atoms with Crippen molar-refractivity contribution in [2.45, 2.75) is 31.9 Å². The van der Waals surface area contributed by atoms with Gasteiger partial charge in [-0.1, -0.05) is 6.07 Å². The van der Waals surface area contributed by atoms with Crippen LogP contribution in [0.4, 0.5) is 0 Å². The lowest BCUT2D eigenvalue weighted by Gasteiger charge is -2.13. The first-order valence-electron chi connectivity index (χ1n) is 7.91. The molecule has 0 radical (unpaired) electrons. The Morgan fingerprint density at radius 1 is 1.39 bits per heavy atom. The van der Waals surface area contributed by atoms with Gasteiger partial charge >= 0.3 is 0 Å². The third-order valence-electron chi connectivity index (χ3n) is 3.89. The average Bonchev–Trinajstić information content (AvgIpc) is 3.26. The monoisotopic (exact) mass is 331 g/mol. The molecule has 1 saturated heterocycles. The molecule has 122 valence electrons. The predicted octanol–water partition coefficient (Wildman–Crippen LogP) is 3.80. The van der Waals surface area contributed by atoms with Crippen molar-refractivity contribution < 1.29 is 14.3 Å². The molecule has 2 atom stereocenters. The van der Waals surface area contributed by atoms with Gasteiger partial charge in [0.25, 0.3) is 5.91 Å². The van der Waals surface area contributed by atoms with Crippen LogP contribution in [0.5, 0.6) is 5.75 Å². The lowest BCUT2D eigenvalue weighted by atomic mass is 10.2. The first-order chi connectivity index (χ1) is 11.2. The van der Waals surface area contributed by atoms with Crippen molar-refractivity contribution in [2.75, 3.05) is 13.2 Å². The molecule has 0 aliphatic carbocycles. The molecule has 0 bridgehead atoms. The molecule has 23 heavy (non-hydrogen) atoms. The van der Waals surface area contributed by atoms with Crippen LogP contribution in [0.2, 0.25) is 0 Å². The molecule has 2 heterocycles. The quantitative estimate of drug-likeness (QED) is 0.876. The summed E-state index contributed by atoms with van der Waals surface area (Å²) in [5.74, 6) is 0.694. The Morgan fingerprint density at radius 2 is 2.22 bits per heavy atom. The minimum Gasteiger partial charge on any atom is -0.491 e. The molecule has 1 N–H and O–H groups in total. The molecule has 0 saturated carbocycles. The molecule has 3 rings (SSSR count). The SMILES string of the molecule is C[C@@H](NC(=O)c1ccc(OC[C@H]2CCCO2)cc1)c1cccs1.